The number of nitrogens with one attached hydrogen (secondary N) is 1. The van der Waals surface area contributed by atoms with E-state index in [4.69, 9.17) is 4.52 Å². The van der Waals surface area contributed by atoms with Gasteiger partial charge in [0.15, 0.2) is 0 Å². The molecule has 1 unspecified atom stereocenters. The van der Waals surface area contributed by atoms with Crippen LogP contribution in [-0.2, 0) is 9.09 Å². The zero-order chi connectivity index (χ0) is 10.8. The molecule has 1 heterocycles. The van der Waals surface area contributed by atoms with Crippen LogP contribution in [0.25, 0.3) is 10.9 Å². The first-order valence-corrected chi connectivity index (χ1v) is 6.40. The van der Waals surface area contributed by atoms with Gasteiger partial charge in [-0.05, 0) is 40.8 Å². The zero-order valence-electron chi connectivity index (χ0n) is 7.78. The van der Waals surface area contributed by atoms with Crippen LogP contribution in [0.15, 0.2) is 18.2 Å². The largest absolute Gasteiger partial charge is 0.426 e. The number of benzene rings is 1. The lowest BCUT2D eigenvalue weighted by Crippen LogP contribution is -1.82. The number of nitrogens with zero attached hydrogens (tertiary/aromatic N) is 1. The number of hydrogen-bond donors (Lipinski definition) is 1. The Morgan fingerprint density at radius 2 is 2.33 bits per heavy atom. The first kappa shape index (κ1) is 10.9. The number of hydrogen-bond acceptors (Lipinski definition) is 4. The standard InChI is InChI=1S/C8H8IN2O3P/c1-13-15(12)14-5-2-3-7-6(4-5)8(9)11-10-7/h2-4,15H,1H3,(H,10,11). The van der Waals surface area contributed by atoms with E-state index >= 15 is 0 Å². The molecule has 1 aromatic carbocycles. The normalized spacial score (nSPS) is 12.9. The molecular formula is C8H8IN2O3P. The third kappa shape index (κ3) is 2.32. The smallest absolute Gasteiger partial charge is 0.367 e. The SMILES string of the molecule is CO[PH](=O)Oc1ccc2[nH]nc(I)c2c1. The van der Waals surface area contributed by atoms with E-state index in [1.807, 2.05) is 6.07 Å². The van der Waals surface area contributed by atoms with Gasteiger partial charge in [0, 0.05) is 12.5 Å². The molecule has 7 heteroatoms. The minimum atomic E-state index is -2.43. The molecule has 0 spiro atoms. The van der Waals surface area contributed by atoms with Crippen LogP contribution in [0.5, 0.6) is 5.75 Å². The summed E-state index contributed by atoms with van der Waals surface area (Å²) in [5.41, 5.74) is 0.920. The van der Waals surface area contributed by atoms with E-state index in [1.165, 1.54) is 7.11 Å². The summed E-state index contributed by atoms with van der Waals surface area (Å²) in [5.74, 6) is 0.521. The topological polar surface area (TPSA) is 64.2 Å². The van der Waals surface area contributed by atoms with Crippen LogP contribution >= 0.6 is 30.8 Å². The van der Waals surface area contributed by atoms with Crippen molar-refractivity contribution in [3.05, 3.63) is 21.9 Å². The fraction of sp³-hybridized carbons (Fsp3) is 0.125. The first-order chi connectivity index (χ1) is 7.20. The Morgan fingerprint density at radius 1 is 1.53 bits per heavy atom. The molecule has 0 fully saturated rings. The Balaban J connectivity index is 2.37. The second-order valence-electron chi connectivity index (χ2n) is 2.78. The maximum atomic E-state index is 11.1. The number of H-pyrrole nitrogens is 1. The van der Waals surface area contributed by atoms with Gasteiger partial charge in [-0.1, -0.05) is 0 Å². The van der Waals surface area contributed by atoms with Crippen LogP contribution < -0.4 is 4.52 Å². The summed E-state index contributed by atoms with van der Waals surface area (Å²) in [5, 5.41) is 7.85. The molecule has 1 aromatic heterocycles. The molecule has 0 amide bonds. The highest BCUT2D eigenvalue weighted by Crippen LogP contribution is 2.30. The van der Waals surface area contributed by atoms with E-state index in [-0.39, 0.29) is 0 Å². The second-order valence-corrected chi connectivity index (χ2v) is 4.91. The maximum absolute atomic E-state index is 11.1. The molecule has 5 nitrogen and oxygen atoms in total. The van der Waals surface area contributed by atoms with Crippen LogP contribution in [0.1, 0.15) is 0 Å². The van der Waals surface area contributed by atoms with Gasteiger partial charge in [-0.2, -0.15) is 5.10 Å². The van der Waals surface area contributed by atoms with E-state index < -0.39 is 8.25 Å². The van der Waals surface area contributed by atoms with Crippen molar-refractivity contribution in [1.29, 1.82) is 0 Å². The number of fused-ring (bicyclic) bond motifs is 1. The van der Waals surface area contributed by atoms with Crippen molar-refractivity contribution in [2.75, 3.05) is 7.11 Å². The van der Waals surface area contributed by atoms with Crippen LogP contribution in [0.3, 0.4) is 0 Å². The summed E-state index contributed by atoms with van der Waals surface area (Å²) in [7, 11) is -1.08. The second kappa shape index (κ2) is 4.51. The van der Waals surface area contributed by atoms with Gasteiger partial charge in [-0.3, -0.25) is 5.10 Å². The van der Waals surface area contributed by atoms with E-state index in [1.54, 1.807) is 12.1 Å². The monoisotopic (exact) mass is 338 g/mol. The van der Waals surface area contributed by atoms with E-state index in [0.717, 1.165) is 14.6 Å². The first-order valence-electron chi connectivity index (χ1n) is 4.10. The van der Waals surface area contributed by atoms with Crippen LogP contribution in [0.2, 0.25) is 0 Å². The molecule has 80 valence electrons. The van der Waals surface area contributed by atoms with Crippen molar-refractivity contribution >= 4 is 41.7 Å². The Labute approximate surface area is 100 Å². The predicted molar refractivity (Wildman–Crippen MR) is 65.4 cm³/mol. The van der Waals surface area contributed by atoms with Crippen LogP contribution in [0, 0.1) is 3.70 Å². The van der Waals surface area contributed by atoms with Gasteiger partial charge < -0.3 is 9.05 Å². The van der Waals surface area contributed by atoms with Gasteiger partial charge in [-0.15, -0.1) is 0 Å². The summed E-state index contributed by atoms with van der Waals surface area (Å²) in [6, 6.07) is 5.32. The van der Waals surface area contributed by atoms with Gasteiger partial charge in [0.25, 0.3) is 0 Å². The minimum Gasteiger partial charge on any atom is -0.426 e. The summed E-state index contributed by atoms with van der Waals surface area (Å²) in [6.07, 6.45) is 0. The summed E-state index contributed by atoms with van der Waals surface area (Å²) < 4.78 is 21.6. The van der Waals surface area contributed by atoms with Crippen molar-refractivity contribution in [3.8, 4) is 5.75 Å². The lowest BCUT2D eigenvalue weighted by molar-refractivity contribution is 0.349. The summed E-state index contributed by atoms with van der Waals surface area (Å²) >= 11 is 2.11. The van der Waals surface area contributed by atoms with Gasteiger partial charge in [0.1, 0.15) is 9.45 Å². The third-order valence-corrected chi connectivity index (χ3v) is 3.41. The van der Waals surface area contributed by atoms with Crippen LogP contribution in [-0.4, -0.2) is 17.3 Å². The molecule has 2 rings (SSSR count). The quantitative estimate of drug-likeness (QED) is 0.690. The highest BCUT2D eigenvalue weighted by atomic mass is 127. The van der Waals surface area contributed by atoms with Crippen molar-refractivity contribution in [2.24, 2.45) is 0 Å². The molecule has 0 saturated heterocycles. The number of halogens is 1. The lowest BCUT2D eigenvalue weighted by Gasteiger charge is -2.03. The fourth-order valence-corrected chi connectivity index (χ4v) is 2.13. The maximum Gasteiger partial charge on any atom is 0.367 e. The van der Waals surface area contributed by atoms with Crippen molar-refractivity contribution in [3.63, 3.8) is 0 Å². The Hall–Kier alpha value is -0.590. The average Bonchev–Trinajstić information content (AvgIpc) is 2.60. The fourth-order valence-electron chi connectivity index (χ4n) is 1.16. The highest BCUT2D eigenvalue weighted by molar-refractivity contribution is 14.1. The predicted octanol–water partition coefficient (Wildman–Crippen LogP) is 2.58. The summed E-state index contributed by atoms with van der Waals surface area (Å²) in [6.45, 7) is 0. The highest BCUT2D eigenvalue weighted by Gasteiger charge is 2.05. The van der Waals surface area contributed by atoms with Gasteiger partial charge in [0.2, 0.25) is 0 Å². The molecular weight excluding hydrogens is 330 g/mol. The molecule has 0 aliphatic rings. The third-order valence-electron chi connectivity index (χ3n) is 1.86. The van der Waals surface area contributed by atoms with Gasteiger partial charge in [0.05, 0.1) is 5.52 Å². The molecule has 1 N–H and O–H groups in total. The van der Waals surface area contributed by atoms with Crippen molar-refractivity contribution in [2.45, 2.75) is 0 Å². The molecule has 2 aromatic rings. The van der Waals surface area contributed by atoms with Gasteiger partial charge >= 0.3 is 8.25 Å². The molecule has 0 saturated carbocycles. The Morgan fingerprint density at radius 3 is 3.07 bits per heavy atom. The molecule has 0 aliphatic heterocycles. The lowest BCUT2D eigenvalue weighted by atomic mass is 10.2. The van der Waals surface area contributed by atoms with Crippen molar-refractivity contribution in [1.82, 2.24) is 10.2 Å². The number of aromatic amines is 1. The van der Waals surface area contributed by atoms with E-state index in [0.29, 0.717) is 5.75 Å². The van der Waals surface area contributed by atoms with Crippen LogP contribution in [0.4, 0.5) is 0 Å². The molecule has 15 heavy (non-hydrogen) atoms. The van der Waals surface area contributed by atoms with Gasteiger partial charge in [-0.25, -0.2) is 4.57 Å². The summed E-state index contributed by atoms with van der Waals surface area (Å²) in [4.78, 5) is 0. The Kier molecular flexibility index (Phi) is 3.28. The molecule has 0 aliphatic carbocycles. The molecule has 0 bridgehead atoms. The Bertz CT molecular complexity index is 514. The minimum absolute atomic E-state index is 0.521. The van der Waals surface area contributed by atoms with E-state index in [9.17, 15) is 4.57 Å². The zero-order valence-corrected chi connectivity index (χ0v) is 10.9. The number of aromatic nitrogens is 2. The van der Waals surface area contributed by atoms with E-state index in [2.05, 4.69) is 37.3 Å². The van der Waals surface area contributed by atoms with Crippen molar-refractivity contribution < 1.29 is 13.6 Å². The average molecular weight is 338 g/mol. The number of rotatable bonds is 3. The molecule has 0 radical (unpaired) electrons. The molecule has 1 atom stereocenters.